The molecule has 4 nitrogen and oxygen atoms in total. The molecule has 0 aliphatic rings. The zero-order chi connectivity index (χ0) is 15.6. The van der Waals surface area contributed by atoms with E-state index in [1.54, 1.807) is 12.1 Å². The van der Waals surface area contributed by atoms with Crippen molar-refractivity contribution in [1.82, 2.24) is 0 Å². The molecular formula is C16H19NO3S. The number of nitrogens with two attached hydrogens (primary N) is 1. The van der Waals surface area contributed by atoms with Crippen molar-refractivity contribution in [2.75, 3.05) is 12.0 Å². The van der Waals surface area contributed by atoms with Gasteiger partial charge < -0.3 is 10.5 Å². The number of hydrogen-bond acceptors (Lipinski definition) is 4. The van der Waals surface area contributed by atoms with Crippen molar-refractivity contribution < 1.29 is 13.2 Å². The number of benzene rings is 2. The van der Waals surface area contributed by atoms with E-state index >= 15 is 0 Å². The van der Waals surface area contributed by atoms with Crippen LogP contribution in [-0.4, -0.2) is 14.7 Å². The molecule has 0 fully saturated rings. The molecule has 0 aromatic heterocycles. The molecular weight excluding hydrogens is 286 g/mol. The number of nitrogen functional groups attached to an aromatic ring is 1. The zero-order valence-electron chi connectivity index (χ0n) is 12.3. The second-order valence-corrected chi connectivity index (χ2v) is 7.25. The van der Waals surface area contributed by atoms with E-state index in [2.05, 4.69) is 13.8 Å². The number of para-hydroxylation sites is 1. The third-order valence-corrected chi connectivity index (χ3v) is 4.36. The summed E-state index contributed by atoms with van der Waals surface area (Å²) < 4.78 is 29.0. The van der Waals surface area contributed by atoms with E-state index in [1.807, 2.05) is 24.3 Å². The van der Waals surface area contributed by atoms with E-state index in [0.717, 1.165) is 6.26 Å². The third kappa shape index (κ3) is 3.55. The highest BCUT2D eigenvalue weighted by molar-refractivity contribution is 7.90. The van der Waals surface area contributed by atoms with Crippen LogP contribution < -0.4 is 10.5 Å². The lowest BCUT2D eigenvalue weighted by atomic mass is 10.0. The molecule has 2 N–H and O–H groups in total. The molecule has 0 unspecified atom stereocenters. The predicted octanol–water partition coefficient (Wildman–Crippen LogP) is 3.59. The lowest BCUT2D eigenvalue weighted by Gasteiger charge is -2.12. The Labute approximate surface area is 125 Å². The highest BCUT2D eigenvalue weighted by Gasteiger charge is 2.15. The van der Waals surface area contributed by atoms with Crippen molar-refractivity contribution >= 4 is 15.5 Å². The van der Waals surface area contributed by atoms with Gasteiger partial charge in [0.2, 0.25) is 0 Å². The fraction of sp³-hybridized carbons (Fsp3) is 0.250. The molecule has 2 aromatic rings. The molecule has 2 rings (SSSR count). The summed E-state index contributed by atoms with van der Waals surface area (Å²) in [6, 6.07) is 12.4. The van der Waals surface area contributed by atoms with Gasteiger partial charge in [0.25, 0.3) is 0 Å². The second kappa shape index (κ2) is 5.77. The van der Waals surface area contributed by atoms with E-state index in [4.69, 9.17) is 10.5 Å². The van der Waals surface area contributed by atoms with E-state index in [9.17, 15) is 8.42 Å². The summed E-state index contributed by atoms with van der Waals surface area (Å²) >= 11 is 0. The molecule has 0 spiro atoms. The fourth-order valence-corrected chi connectivity index (χ4v) is 2.81. The molecule has 0 amide bonds. The van der Waals surface area contributed by atoms with Crippen LogP contribution in [-0.2, 0) is 9.84 Å². The lowest BCUT2D eigenvalue weighted by molar-refractivity contribution is 0.483. The zero-order valence-corrected chi connectivity index (χ0v) is 13.1. The molecule has 0 aliphatic heterocycles. The smallest absolute Gasteiger partial charge is 0.177 e. The molecule has 0 bridgehead atoms. The maximum atomic E-state index is 11.6. The van der Waals surface area contributed by atoms with E-state index in [1.165, 1.54) is 11.6 Å². The normalized spacial score (nSPS) is 11.6. The third-order valence-electron chi connectivity index (χ3n) is 3.20. The highest BCUT2D eigenvalue weighted by Crippen LogP contribution is 2.32. The maximum Gasteiger partial charge on any atom is 0.177 e. The average Bonchev–Trinajstić information content (AvgIpc) is 2.40. The molecule has 0 heterocycles. The quantitative estimate of drug-likeness (QED) is 0.876. The van der Waals surface area contributed by atoms with Crippen molar-refractivity contribution in [3.05, 3.63) is 48.0 Å². The first kappa shape index (κ1) is 15.4. The summed E-state index contributed by atoms with van der Waals surface area (Å²) in [7, 11) is -3.37. The van der Waals surface area contributed by atoms with Gasteiger partial charge in [-0.2, -0.15) is 0 Å². The van der Waals surface area contributed by atoms with E-state index < -0.39 is 9.84 Å². The standard InChI is InChI=1S/C16H19NO3S/c1-11(2)12-7-9-13(10-8-12)20-14-5-4-6-15(16(14)17)21(3,18)19/h4-11H,17H2,1-3H3. The average molecular weight is 305 g/mol. The van der Waals surface area contributed by atoms with Crippen molar-refractivity contribution in [3.63, 3.8) is 0 Å². The topological polar surface area (TPSA) is 69.4 Å². The number of ether oxygens (including phenoxy) is 1. The molecule has 21 heavy (non-hydrogen) atoms. The van der Waals surface area contributed by atoms with Gasteiger partial charge in [-0.1, -0.05) is 32.0 Å². The lowest BCUT2D eigenvalue weighted by Crippen LogP contribution is -2.03. The van der Waals surface area contributed by atoms with E-state index in [0.29, 0.717) is 17.4 Å². The summed E-state index contributed by atoms with van der Waals surface area (Å²) in [5, 5.41) is 0. The molecule has 0 atom stereocenters. The Bertz CT molecular complexity index is 735. The van der Waals surface area contributed by atoms with Crippen LogP contribution in [0.5, 0.6) is 11.5 Å². The van der Waals surface area contributed by atoms with Gasteiger partial charge in [0.15, 0.2) is 15.6 Å². The molecule has 0 aliphatic carbocycles. The van der Waals surface area contributed by atoms with Crippen molar-refractivity contribution in [2.45, 2.75) is 24.7 Å². The van der Waals surface area contributed by atoms with Crippen LogP contribution in [0.4, 0.5) is 5.69 Å². The maximum absolute atomic E-state index is 11.6. The van der Waals surface area contributed by atoms with E-state index in [-0.39, 0.29) is 10.6 Å². The van der Waals surface area contributed by atoms with Crippen LogP contribution in [0.25, 0.3) is 0 Å². The Balaban J connectivity index is 2.32. The molecule has 0 radical (unpaired) electrons. The summed E-state index contributed by atoms with van der Waals surface area (Å²) in [5.74, 6) is 1.41. The first-order chi connectivity index (χ1) is 9.79. The minimum absolute atomic E-state index is 0.0822. The minimum atomic E-state index is -3.37. The Morgan fingerprint density at radius 3 is 2.19 bits per heavy atom. The monoisotopic (exact) mass is 305 g/mol. The van der Waals surface area contributed by atoms with Gasteiger partial charge >= 0.3 is 0 Å². The highest BCUT2D eigenvalue weighted by atomic mass is 32.2. The van der Waals surface area contributed by atoms with Gasteiger partial charge in [-0.25, -0.2) is 8.42 Å². The Morgan fingerprint density at radius 2 is 1.67 bits per heavy atom. The summed E-state index contributed by atoms with van der Waals surface area (Å²) in [6.07, 6.45) is 1.12. The van der Waals surface area contributed by atoms with Crippen molar-refractivity contribution in [3.8, 4) is 11.5 Å². The number of rotatable bonds is 4. The SMILES string of the molecule is CC(C)c1ccc(Oc2cccc(S(C)(=O)=O)c2N)cc1. The number of anilines is 1. The first-order valence-corrected chi connectivity index (χ1v) is 8.54. The van der Waals surface area contributed by atoms with Gasteiger partial charge in [-0.3, -0.25) is 0 Å². The second-order valence-electron chi connectivity index (χ2n) is 5.27. The van der Waals surface area contributed by atoms with Gasteiger partial charge in [-0.05, 0) is 35.7 Å². The molecule has 0 saturated heterocycles. The summed E-state index contributed by atoms with van der Waals surface area (Å²) in [6.45, 7) is 4.23. The van der Waals surface area contributed by atoms with Crippen LogP contribution in [0.1, 0.15) is 25.3 Å². The van der Waals surface area contributed by atoms with Crippen molar-refractivity contribution in [1.29, 1.82) is 0 Å². The first-order valence-electron chi connectivity index (χ1n) is 6.65. The Hall–Kier alpha value is -2.01. The van der Waals surface area contributed by atoms with Crippen LogP contribution in [0.15, 0.2) is 47.4 Å². The largest absolute Gasteiger partial charge is 0.455 e. The minimum Gasteiger partial charge on any atom is -0.455 e. The number of hydrogen-bond donors (Lipinski definition) is 1. The van der Waals surface area contributed by atoms with Crippen molar-refractivity contribution in [2.24, 2.45) is 0 Å². The van der Waals surface area contributed by atoms with Gasteiger partial charge in [0.1, 0.15) is 5.75 Å². The molecule has 2 aromatic carbocycles. The van der Waals surface area contributed by atoms with Gasteiger partial charge in [0.05, 0.1) is 10.6 Å². The fourth-order valence-electron chi connectivity index (χ4n) is 1.98. The van der Waals surface area contributed by atoms with Crippen LogP contribution in [0, 0.1) is 0 Å². The summed E-state index contributed by atoms with van der Waals surface area (Å²) in [5.41, 5.74) is 7.23. The van der Waals surface area contributed by atoms with Gasteiger partial charge in [-0.15, -0.1) is 0 Å². The van der Waals surface area contributed by atoms with Crippen LogP contribution in [0.3, 0.4) is 0 Å². The molecule has 0 saturated carbocycles. The molecule has 112 valence electrons. The predicted molar refractivity (Wildman–Crippen MR) is 84.6 cm³/mol. The van der Waals surface area contributed by atoms with Crippen LogP contribution in [0.2, 0.25) is 0 Å². The van der Waals surface area contributed by atoms with Crippen LogP contribution >= 0.6 is 0 Å². The molecule has 5 heteroatoms. The van der Waals surface area contributed by atoms with Gasteiger partial charge in [0, 0.05) is 6.26 Å². The number of sulfone groups is 1. The Morgan fingerprint density at radius 1 is 1.05 bits per heavy atom. The Kier molecular flexibility index (Phi) is 4.23. The summed E-state index contributed by atoms with van der Waals surface area (Å²) in [4.78, 5) is 0.0822.